The summed E-state index contributed by atoms with van der Waals surface area (Å²) in [6.07, 6.45) is 1.18. The average Bonchev–Trinajstić information content (AvgIpc) is 2.17. The molecule has 0 saturated heterocycles. The highest BCUT2D eigenvalue weighted by Crippen LogP contribution is 2.43. The molecule has 1 aromatic rings. The third-order valence-electron chi connectivity index (χ3n) is 3.30. The van der Waals surface area contributed by atoms with Crippen molar-refractivity contribution in [2.75, 3.05) is 0 Å². The first-order valence-electron chi connectivity index (χ1n) is 5.59. The summed E-state index contributed by atoms with van der Waals surface area (Å²) in [4.78, 5) is 0.440. The quantitative estimate of drug-likeness (QED) is 0.663. The van der Waals surface area contributed by atoms with Crippen LogP contribution in [0.25, 0.3) is 0 Å². The smallest absolute Gasteiger partial charge is 0.0448 e. The van der Waals surface area contributed by atoms with Gasteiger partial charge in [-0.1, -0.05) is 60.5 Å². The second kappa shape index (κ2) is 4.69. The lowest BCUT2D eigenvalue weighted by Crippen LogP contribution is -2.17. The van der Waals surface area contributed by atoms with Crippen molar-refractivity contribution in [3.63, 3.8) is 0 Å². The zero-order valence-electron chi connectivity index (χ0n) is 10.4. The van der Waals surface area contributed by atoms with Crippen LogP contribution in [-0.4, -0.2) is 0 Å². The van der Waals surface area contributed by atoms with Gasteiger partial charge >= 0.3 is 0 Å². The molecule has 0 aliphatic heterocycles. The van der Waals surface area contributed by atoms with Crippen LogP contribution in [0, 0.1) is 19.3 Å². The molecular weight excluding hydrogens is 248 g/mol. The topological polar surface area (TPSA) is 0 Å². The predicted octanol–water partition coefficient (Wildman–Crippen LogP) is 5.18. The van der Waals surface area contributed by atoms with Crippen LogP contribution >= 0.6 is 15.9 Å². The lowest BCUT2D eigenvalue weighted by molar-refractivity contribution is 0.345. The van der Waals surface area contributed by atoms with Crippen molar-refractivity contribution in [2.24, 2.45) is 5.41 Å². The summed E-state index contributed by atoms with van der Waals surface area (Å²) in [6, 6.07) is 6.71. The molecule has 0 aliphatic carbocycles. The second-order valence-electron chi connectivity index (χ2n) is 5.06. The second-order valence-corrected chi connectivity index (χ2v) is 5.98. The predicted molar refractivity (Wildman–Crippen MR) is 71.7 cm³/mol. The maximum absolute atomic E-state index is 3.84. The molecule has 0 nitrogen and oxygen atoms in total. The number of rotatable bonds is 3. The van der Waals surface area contributed by atoms with Gasteiger partial charge in [0.15, 0.2) is 0 Å². The first-order chi connectivity index (χ1) is 6.88. The van der Waals surface area contributed by atoms with Crippen LogP contribution in [0.5, 0.6) is 0 Å². The molecule has 1 rings (SSSR count). The van der Waals surface area contributed by atoms with Gasteiger partial charge in [0.25, 0.3) is 0 Å². The summed E-state index contributed by atoms with van der Waals surface area (Å²) in [7, 11) is 0. The summed E-state index contributed by atoms with van der Waals surface area (Å²) in [5.41, 5.74) is 4.45. The lowest BCUT2D eigenvalue weighted by atomic mass is 9.82. The van der Waals surface area contributed by atoms with Gasteiger partial charge < -0.3 is 0 Å². The largest absolute Gasteiger partial charge is 0.0833 e. The van der Waals surface area contributed by atoms with Crippen molar-refractivity contribution in [1.29, 1.82) is 0 Å². The number of hydrogen-bond acceptors (Lipinski definition) is 0. The minimum atomic E-state index is 0.306. The fourth-order valence-corrected chi connectivity index (χ4v) is 2.55. The van der Waals surface area contributed by atoms with Gasteiger partial charge in [-0.3, -0.25) is 0 Å². The van der Waals surface area contributed by atoms with E-state index >= 15 is 0 Å². The van der Waals surface area contributed by atoms with Crippen LogP contribution in [-0.2, 0) is 0 Å². The Hall–Kier alpha value is -0.300. The molecule has 0 spiro atoms. The Morgan fingerprint density at radius 2 is 1.87 bits per heavy atom. The van der Waals surface area contributed by atoms with Crippen molar-refractivity contribution in [3.05, 3.63) is 34.9 Å². The summed E-state index contributed by atoms with van der Waals surface area (Å²) < 4.78 is 0. The minimum Gasteiger partial charge on any atom is -0.0833 e. The normalized spacial score (nSPS) is 14.0. The monoisotopic (exact) mass is 268 g/mol. The van der Waals surface area contributed by atoms with Gasteiger partial charge in [-0.25, -0.2) is 0 Å². The van der Waals surface area contributed by atoms with E-state index in [1.165, 1.54) is 23.1 Å². The van der Waals surface area contributed by atoms with E-state index < -0.39 is 0 Å². The molecule has 0 heterocycles. The summed E-state index contributed by atoms with van der Waals surface area (Å²) in [6.45, 7) is 11.2. The van der Waals surface area contributed by atoms with E-state index in [2.05, 4.69) is 68.7 Å². The lowest BCUT2D eigenvalue weighted by Gasteiger charge is -2.30. The fourth-order valence-electron chi connectivity index (χ4n) is 1.71. The SMILES string of the molecule is CCC(C)(C)C(Br)c1ccc(C)cc1C. The summed E-state index contributed by atoms with van der Waals surface area (Å²) in [5, 5.41) is 0. The van der Waals surface area contributed by atoms with Gasteiger partial charge in [0.05, 0.1) is 0 Å². The van der Waals surface area contributed by atoms with Gasteiger partial charge in [0.2, 0.25) is 0 Å². The van der Waals surface area contributed by atoms with Crippen LogP contribution in [0.2, 0.25) is 0 Å². The van der Waals surface area contributed by atoms with Gasteiger partial charge in [-0.2, -0.15) is 0 Å². The Labute approximate surface area is 102 Å². The molecule has 0 radical (unpaired) electrons. The van der Waals surface area contributed by atoms with E-state index in [0.29, 0.717) is 10.2 Å². The maximum atomic E-state index is 3.84. The van der Waals surface area contributed by atoms with Crippen molar-refractivity contribution in [3.8, 4) is 0 Å². The molecule has 1 unspecified atom stereocenters. The molecule has 0 aliphatic rings. The number of benzene rings is 1. The molecule has 0 saturated carbocycles. The van der Waals surface area contributed by atoms with Crippen LogP contribution < -0.4 is 0 Å². The van der Waals surface area contributed by atoms with Crippen molar-refractivity contribution < 1.29 is 0 Å². The third kappa shape index (κ3) is 2.84. The van der Waals surface area contributed by atoms with E-state index in [9.17, 15) is 0 Å². The maximum Gasteiger partial charge on any atom is 0.0448 e. The van der Waals surface area contributed by atoms with Gasteiger partial charge in [0, 0.05) is 4.83 Å². The van der Waals surface area contributed by atoms with Crippen LogP contribution in [0.15, 0.2) is 18.2 Å². The summed E-state index contributed by atoms with van der Waals surface area (Å²) >= 11 is 3.84. The van der Waals surface area contributed by atoms with Crippen molar-refractivity contribution in [2.45, 2.75) is 45.9 Å². The van der Waals surface area contributed by atoms with E-state index in [1.807, 2.05) is 0 Å². The Morgan fingerprint density at radius 3 is 2.33 bits per heavy atom. The van der Waals surface area contributed by atoms with Crippen LogP contribution in [0.1, 0.15) is 48.7 Å². The van der Waals surface area contributed by atoms with Gasteiger partial charge in [0.1, 0.15) is 0 Å². The molecule has 15 heavy (non-hydrogen) atoms. The van der Waals surface area contributed by atoms with E-state index in [0.717, 1.165) is 0 Å². The molecule has 0 bridgehead atoms. The molecule has 84 valence electrons. The molecular formula is C14H21Br. The summed E-state index contributed by atoms with van der Waals surface area (Å²) in [5.74, 6) is 0. The number of alkyl halides is 1. The Morgan fingerprint density at radius 1 is 1.27 bits per heavy atom. The Balaban J connectivity index is 3.06. The zero-order chi connectivity index (χ0) is 11.6. The Kier molecular flexibility index (Phi) is 3.99. The van der Waals surface area contributed by atoms with E-state index in [4.69, 9.17) is 0 Å². The number of hydrogen-bond donors (Lipinski definition) is 0. The molecule has 0 N–H and O–H groups in total. The molecule has 1 atom stereocenters. The van der Waals surface area contributed by atoms with E-state index in [-0.39, 0.29) is 0 Å². The average molecular weight is 269 g/mol. The highest BCUT2D eigenvalue weighted by molar-refractivity contribution is 9.09. The highest BCUT2D eigenvalue weighted by atomic mass is 79.9. The Bertz CT molecular complexity index is 339. The number of halogens is 1. The zero-order valence-corrected chi connectivity index (χ0v) is 12.0. The first kappa shape index (κ1) is 12.8. The molecule has 0 aromatic heterocycles. The molecule has 1 heteroatoms. The third-order valence-corrected chi connectivity index (χ3v) is 5.03. The van der Waals surface area contributed by atoms with E-state index in [1.54, 1.807) is 0 Å². The minimum absolute atomic E-state index is 0.306. The van der Waals surface area contributed by atoms with Crippen molar-refractivity contribution in [1.82, 2.24) is 0 Å². The van der Waals surface area contributed by atoms with Crippen molar-refractivity contribution >= 4 is 15.9 Å². The van der Waals surface area contributed by atoms with Crippen LogP contribution in [0.3, 0.4) is 0 Å². The van der Waals surface area contributed by atoms with Crippen LogP contribution in [0.4, 0.5) is 0 Å². The first-order valence-corrected chi connectivity index (χ1v) is 6.51. The molecule has 0 fully saturated rings. The van der Waals surface area contributed by atoms with Gasteiger partial charge in [-0.05, 0) is 36.8 Å². The highest BCUT2D eigenvalue weighted by Gasteiger charge is 2.27. The van der Waals surface area contributed by atoms with Gasteiger partial charge in [-0.15, -0.1) is 0 Å². The standard InChI is InChI=1S/C14H21Br/c1-6-14(4,5)13(15)12-8-7-10(2)9-11(12)3/h7-9,13H,6H2,1-5H3. The molecule has 0 amide bonds. The number of aryl methyl sites for hydroxylation is 2. The molecule has 1 aromatic carbocycles. The fraction of sp³-hybridized carbons (Fsp3) is 0.571.